The standard InChI is InChI=1S/C14H20N4O2/c19-13-8-16-12(7-17-13)14(20)18-6-2-3-10(9-18)11-4-1-5-15-11/h7-8,10-11,15H,1-6,9H2,(H,17,19). The molecule has 0 saturated carbocycles. The maximum Gasteiger partial charge on any atom is 0.273 e. The highest BCUT2D eigenvalue weighted by Gasteiger charge is 2.31. The summed E-state index contributed by atoms with van der Waals surface area (Å²) >= 11 is 0. The molecule has 6 heteroatoms. The molecule has 0 aliphatic carbocycles. The van der Waals surface area contributed by atoms with Gasteiger partial charge in [-0.1, -0.05) is 0 Å². The van der Waals surface area contributed by atoms with Crippen molar-refractivity contribution in [3.63, 3.8) is 0 Å². The number of carbonyl (C=O) groups is 1. The average Bonchev–Trinajstić information content (AvgIpc) is 3.02. The van der Waals surface area contributed by atoms with Crippen LogP contribution >= 0.6 is 0 Å². The fourth-order valence-electron chi connectivity index (χ4n) is 3.26. The van der Waals surface area contributed by atoms with Gasteiger partial charge in [0.1, 0.15) is 5.69 Å². The summed E-state index contributed by atoms with van der Waals surface area (Å²) in [6, 6.07) is 0.550. The number of nitrogens with one attached hydrogen (secondary N) is 2. The zero-order chi connectivity index (χ0) is 13.9. The summed E-state index contributed by atoms with van der Waals surface area (Å²) in [6.45, 7) is 2.66. The van der Waals surface area contributed by atoms with Gasteiger partial charge >= 0.3 is 0 Å². The molecule has 2 atom stereocenters. The predicted molar refractivity (Wildman–Crippen MR) is 74.5 cm³/mol. The van der Waals surface area contributed by atoms with E-state index in [-0.39, 0.29) is 11.5 Å². The van der Waals surface area contributed by atoms with Gasteiger partial charge in [-0.15, -0.1) is 0 Å². The van der Waals surface area contributed by atoms with Crippen LogP contribution in [0.5, 0.6) is 0 Å². The van der Waals surface area contributed by atoms with E-state index in [1.165, 1.54) is 25.5 Å². The number of carbonyl (C=O) groups excluding carboxylic acids is 1. The molecule has 0 bridgehead atoms. The molecule has 6 nitrogen and oxygen atoms in total. The first-order valence-electron chi connectivity index (χ1n) is 7.31. The molecule has 1 amide bonds. The number of amides is 1. The van der Waals surface area contributed by atoms with Crippen molar-refractivity contribution in [2.45, 2.75) is 31.7 Å². The van der Waals surface area contributed by atoms with Crippen LogP contribution in [-0.4, -0.2) is 46.5 Å². The molecule has 108 valence electrons. The highest BCUT2D eigenvalue weighted by Crippen LogP contribution is 2.25. The number of hydrogen-bond acceptors (Lipinski definition) is 4. The molecule has 2 N–H and O–H groups in total. The van der Waals surface area contributed by atoms with E-state index in [0.29, 0.717) is 17.7 Å². The smallest absolute Gasteiger partial charge is 0.273 e. The Morgan fingerprint density at radius 1 is 1.35 bits per heavy atom. The monoisotopic (exact) mass is 276 g/mol. The number of nitrogens with zero attached hydrogens (tertiary/aromatic N) is 2. The van der Waals surface area contributed by atoms with Crippen LogP contribution in [0, 0.1) is 5.92 Å². The molecule has 2 fully saturated rings. The van der Waals surface area contributed by atoms with Crippen molar-refractivity contribution in [3.8, 4) is 0 Å². The topological polar surface area (TPSA) is 78.1 Å². The van der Waals surface area contributed by atoms with E-state index in [2.05, 4.69) is 15.3 Å². The van der Waals surface area contributed by atoms with Gasteiger partial charge in [-0.25, -0.2) is 4.98 Å². The van der Waals surface area contributed by atoms with Gasteiger partial charge in [0.2, 0.25) is 0 Å². The normalized spacial score (nSPS) is 26.7. The lowest BCUT2D eigenvalue weighted by atomic mass is 9.89. The number of H-pyrrole nitrogens is 1. The summed E-state index contributed by atoms with van der Waals surface area (Å²) in [5, 5.41) is 3.53. The Morgan fingerprint density at radius 3 is 2.95 bits per heavy atom. The van der Waals surface area contributed by atoms with Gasteiger partial charge in [-0.2, -0.15) is 0 Å². The number of rotatable bonds is 2. The number of hydrogen-bond donors (Lipinski definition) is 2. The Kier molecular flexibility index (Phi) is 3.82. The fourth-order valence-corrected chi connectivity index (χ4v) is 3.26. The molecule has 2 unspecified atom stereocenters. The van der Waals surface area contributed by atoms with Crippen molar-refractivity contribution in [2.75, 3.05) is 19.6 Å². The van der Waals surface area contributed by atoms with Crippen LogP contribution in [0.2, 0.25) is 0 Å². The van der Waals surface area contributed by atoms with Crippen molar-refractivity contribution in [3.05, 3.63) is 28.4 Å². The second-order valence-electron chi connectivity index (χ2n) is 5.65. The minimum absolute atomic E-state index is 0.0797. The molecule has 2 aliphatic heterocycles. The van der Waals surface area contributed by atoms with Crippen LogP contribution in [0.25, 0.3) is 0 Å². The Morgan fingerprint density at radius 2 is 2.25 bits per heavy atom. The molecule has 0 radical (unpaired) electrons. The van der Waals surface area contributed by atoms with Gasteiger partial charge in [-0.05, 0) is 38.1 Å². The summed E-state index contributed by atoms with van der Waals surface area (Å²) in [5.41, 5.74) is 0.0397. The quantitative estimate of drug-likeness (QED) is 0.818. The lowest BCUT2D eigenvalue weighted by Crippen LogP contribution is -2.46. The van der Waals surface area contributed by atoms with E-state index < -0.39 is 0 Å². The summed E-state index contributed by atoms with van der Waals surface area (Å²) in [7, 11) is 0. The average molecular weight is 276 g/mol. The SMILES string of the molecule is O=C(c1c[nH]c(=O)cn1)N1CCCC(C2CCCN2)C1. The molecule has 0 spiro atoms. The summed E-state index contributed by atoms with van der Waals surface area (Å²) < 4.78 is 0. The number of aromatic nitrogens is 2. The third-order valence-electron chi connectivity index (χ3n) is 4.30. The largest absolute Gasteiger partial charge is 0.337 e. The highest BCUT2D eigenvalue weighted by molar-refractivity contribution is 5.92. The second-order valence-corrected chi connectivity index (χ2v) is 5.65. The zero-order valence-electron chi connectivity index (χ0n) is 11.5. The summed E-state index contributed by atoms with van der Waals surface area (Å²) in [5.74, 6) is 0.460. The molecule has 3 rings (SSSR count). The van der Waals surface area contributed by atoms with E-state index in [1.807, 2.05) is 4.90 Å². The van der Waals surface area contributed by atoms with E-state index >= 15 is 0 Å². The second kappa shape index (κ2) is 5.75. The van der Waals surface area contributed by atoms with E-state index in [1.54, 1.807) is 0 Å². The minimum Gasteiger partial charge on any atom is -0.337 e. The van der Waals surface area contributed by atoms with E-state index in [0.717, 1.165) is 32.3 Å². The Labute approximate surface area is 117 Å². The van der Waals surface area contributed by atoms with Crippen molar-refractivity contribution in [1.82, 2.24) is 20.2 Å². The minimum atomic E-state index is -0.284. The molecule has 2 saturated heterocycles. The summed E-state index contributed by atoms with van der Waals surface area (Å²) in [6.07, 6.45) is 7.23. The molecule has 20 heavy (non-hydrogen) atoms. The van der Waals surface area contributed by atoms with Gasteiger partial charge in [0.25, 0.3) is 11.5 Å². The summed E-state index contributed by atoms with van der Waals surface area (Å²) in [4.78, 5) is 31.7. The van der Waals surface area contributed by atoms with Crippen molar-refractivity contribution >= 4 is 5.91 Å². The fraction of sp³-hybridized carbons (Fsp3) is 0.643. The molecule has 1 aromatic rings. The van der Waals surface area contributed by atoms with E-state index in [4.69, 9.17) is 0 Å². The van der Waals surface area contributed by atoms with Crippen LogP contribution in [0.4, 0.5) is 0 Å². The van der Waals surface area contributed by atoms with Crippen LogP contribution in [0.15, 0.2) is 17.2 Å². The number of aromatic amines is 1. The molecule has 3 heterocycles. The van der Waals surface area contributed by atoms with Gasteiger partial charge in [0.05, 0.1) is 6.20 Å². The molecule has 2 aliphatic rings. The Hall–Kier alpha value is -1.69. The molecule has 0 aromatic carbocycles. The Bertz CT molecular complexity index is 516. The maximum absolute atomic E-state index is 12.4. The van der Waals surface area contributed by atoms with Gasteiger partial charge in [0.15, 0.2) is 0 Å². The number of piperidine rings is 1. The van der Waals surface area contributed by atoms with Crippen molar-refractivity contribution in [1.29, 1.82) is 0 Å². The third-order valence-corrected chi connectivity index (χ3v) is 4.30. The van der Waals surface area contributed by atoms with Gasteiger partial charge in [-0.3, -0.25) is 9.59 Å². The predicted octanol–water partition coefficient (Wildman–Crippen LogP) is 0.374. The number of likely N-dealkylation sites (tertiary alicyclic amines) is 1. The molecule has 1 aromatic heterocycles. The molecular weight excluding hydrogens is 256 g/mol. The van der Waals surface area contributed by atoms with Crippen molar-refractivity contribution < 1.29 is 4.79 Å². The van der Waals surface area contributed by atoms with Gasteiger partial charge < -0.3 is 15.2 Å². The lowest BCUT2D eigenvalue weighted by molar-refractivity contribution is 0.0644. The van der Waals surface area contributed by atoms with Crippen molar-refractivity contribution in [2.24, 2.45) is 5.92 Å². The zero-order valence-corrected chi connectivity index (χ0v) is 11.5. The maximum atomic E-state index is 12.4. The first kappa shape index (κ1) is 13.3. The van der Waals surface area contributed by atoms with Crippen LogP contribution < -0.4 is 10.9 Å². The lowest BCUT2D eigenvalue weighted by Gasteiger charge is -2.35. The third kappa shape index (κ3) is 2.75. The first-order valence-corrected chi connectivity index (χ1v) is 7.31. The van der Waals surface area contributed by atoms with Crippen LogP contribution in [0.1, 0.15) is 36.2 Å². The molecular formula is C14H20N4O2. The highest BCUT2D eigenvalue weighted by atomic mass is 16.2. The first-order chi connectivity index (χ1) is 9.74. The van der Waals surface area contributed by atoms with Gasteiger partial charge in [0, 0.05) is 25.3 Å². The van der Waals surface area contributed by atoms with E-state index in [9.17, 15) is 9.59 Å². The van der Waals surface area contributed by atoms with Crippen LogP contribution in [-0.2, 0) is 0 Å². The van der Waals surface area contributed by atoms with Crippen LogP contribution in [0.3, 0.4) is 0 Å². The Balaban J connectivity index is 1.68.